The van der Waals surface area contributed by atoms with Gasteiger partial charge in [-0.05, 0) is 30.5 Å². The molecule has 4 heteroatoms. The van der Waals surface area contributed by atoms with E-state index >= 15 is 0 Å². The minimum absolute atomic E-state index is 0.0394. The normalized spacial score (nSPS) is 23.8. The molecule has 2 N–H and O–H groups in total. The molecule has 0 aromatic heterocycles. The highest BCUT2D eigenvalue weighted by Gasteiger charge is 2.32. The standard InChI is InChI=1S/C13H16FNO2/c14-10-6-4-9(5-7-10)8-15-12-3-1-2-11(12)13(16)17/h4-7,11-12,15H,1-3,8H2,(H,16,17)/t11-,12-/m1/s1. The van der Waals surface area contributed by atoms with Crippen molar-refractivity contribution in [1.29, 1.82) is 0 Å². The van der Waals surface area contributed by atoms with Crippen molar-refractivity contribution >= 4 is 5.97 Å². The van der Waals surface area contributed by atoms with E-state index in [0.29, 0.717) is 6.54 Å². The molecular weight excluding hydrogens is 221 g/mol. The Kier molecular flexibility index (Phi) is 3.74. The number of aliphatic carboxylic acids is 1. The molecule has 92 valence electrons. The van der Waals surface area contributed by atoms with Crippen LogP contribution in [0, 0.1) is 11.7 Å². The third kappa shape index (κ3) is 3.03. The number of rotatable bonds is 4. The highest BCUT2D eigenvalue weighted by molar-refractivity contribution is 5.71. The number of benzene rings is 1. The molecule has 1 aromatic carbocycles. The highest BCUT2D eigenvalue weighted by atomic mass is 19.1. The van der Waals surface area contributed by atoms with Crippen LogP contribution in [0.3, 0.4) is 0 Å². The molecule has 0 bridgehead atoms. The summed E-state index contributed by atoms with van der Waals surface area (Å²) < 4.78 is 12.7. The van der Waals surface area contributed by atoms with Gasteiger partial charge in [-0.15, -0.1) is 0 Å². The van der Waals surface area contributed by atoms with Crippen molar-refractivity contribution in [3.05, 3.63) is 35.6 Å². The molecule has 0 saturated heterocycles. The molecule has 1 aliphatic carbocycles. The van der Waals surface area contributed by atoms with Gasteiger partial charge in [0.1, 0.15) is 5.82 Å². The van der Waals surface area contributed by atoms with Crippen LogP contribution in [0.25, 0.3) is 0 Å². The lowest BCUT2D eigenvalue weighted by Crippen LogP contribution is -2.35. The van der Waals surface area contributed by atoms with E-state index in [0.717, 1.165) is 24.8 Å². The first-order valence-corrected chi connectivity index (χ1v) is 5.87. The quantitative estimate of drug-likeness (QED) is 0.843. The molecule has 3 nitrogen and oxygen atoms in total. The Balaban J connectivity index is 1.89. The van der Waals surface area contributed by atoms with E-state index in [1.54, 1.807) is 12.1 Å². The first kappa shape index (κ1) is 12.0. The third-order valence-corrected chi connectivity index (χ3v) is 3.31. The van der Waals surface area contributed by atoms with Crippen molar-refractivity contribution in [2.24, 2.45) is 5.92 Å². The molecule has 2 rings (SSSR count). The first-order valence-electron chi connectivity index (χ1n) is 5.87. The Labute approximate surface area is 99.7 Å². The summed E-state index contributed by atoms with van der Waals surface area (Å²) in [4.78, 5) is 11.0. The van der Waals surface area contributed by atoms with Gasteiger partial charge < -0.3 is 10.4 Å². The number of hydrogen-bond donors (Lipinski definition) is 2. The van der Waals surface area contributed by atoms with Gasteiger partial charge in [-0.3, -0.25) is 4.79 Å². The summed E-state index contributed by atoms with van der Waals surface area (Å²) in [7, 11) is 0. The number of hydrogen-bond acceptors (Lipinski definition) is 2. The lowest BCUT2D eigenvalue weighted by atomic mass is 10.0. The summed E-state index contributed by atoms with van der Waals surface area (Å²) in [5, 5.41) is 12.3. The second kappa shape index (κ2) is 5.27. The highest BCUT2D eigenvalue weighted by Crippen LogP contribution is 2.26. The fraction of sp³-hybridized carbons (Fsp3) is 0.462. The summed E-state index contributed by atoms with van der Waals surface area (Å²) in [5.74, 6) is -1.26. The summed E-state index contributed by atoms with van der Waals surface area (Å²) in [6.07, 6.45) is 2.60. The fourth-order valence-corrected chi connectivity index (χ4v) is 2.35. The zero-order chi connectivity index (χ0) is 12.3. The van der Waals surface area contributed by atoms with E-state index in [-0.39, 0.29) is 17.8 Å². The molecule has 0 radical (unpaired) electrons. The second-order valence-electron chi connectivity index (χ2n) is 4.49. The number of carbonyl (C=O) groups is 1. The van der Waals surface area contributed by atoms with Crippen molar-refractivity contribution in [3.63, 3.8) is 0 Å². The van der Waals surface area contributed by atoms with Crippen molar-refractivity contribution in [1.82, 2.24) is 5.32 Å². The maximum Gasteiger partial charge on any atom is 0.308 e. The van der Waals surface area contributed by atoms with Crippen LogP contribution < -0.4 is 5.32 Å². The zero-order valence-corrected chi connectivity index (χ0v) is 9.53. The molecule has 1 aromatic rings. The van der Waals surface area contributed by atoms with Crippen LogP contribution in [0.1, 0.15) is 24.8 Å². The van der Waals surface area contributed by atoms with E-state index in [1.807, 2.05) is 0 Å². The second-order valence-corrected chi connectivity index (χ2v) is 4.49. The SMILES string of the molecule is O=C(O)[C@@H]1CCC[C@H]1NCc1ccc(F)cc1. The van der Waals surface area contributed by atoms with Gasteiger partial charge in [0.2, 0.25) is 0 Å². The Bertz CT molecular complexity index is 391. The smallest absolute Gasteiger partial charge is 0.308 e. The molecule has 1 aliphatic rings. The third-order valence-electron chi connectivity index (χ3n) is 3.31. The van der Waals surface area contributed by atoms with Gasteiger partial charge >= 0.3 is 5.97 Å². The Morgan fingerprint density at radius 1 is 1.35 bits per heavy atom. The van der Waals surface area contributed by atoms with E-state index in [1.165, 1.54) is 12.1 Å². The van der Waals surface area contributed by atoms with Crippen LogP contribution in [0.2, 0.25) is 0 Å². The Hall–Kier alpha value is -1.42. The molecular formula is C13H16FNO2. The monoisotopic (exact) mass is 237 g/mol. The van der Waals surface area contributed by atoms with Gasteiger partial charge in [-0.25, -0.2) is 4.39 Å². The molecule has 0 unspecified atom stereocenters. The summed E-state index contributed by atoms with van der Waals surface area (Å²) in [6, 6.07) is 6.30. The topological polar surface area (TPSA) is 49.3 Å². The largest absolute Gasteiger partial charge is 0.481 e. The summed E-state index contributed by atoms with van der Waals surface area (Å²) >= 11 is 0. The van der Waals surface area contributed by atoms with Gasteiger partial charge in [0.15, 0.2) is 0 Å². The lowest BCUT2D eigenvalue weighted by molar-refractivity contribution is -0.142. The van der Waals surface area contributed by atoms with Gasteiger partial charge in [0.05, 0.1) is 5.92 Å². The maximum absolute atomic E-state index is 12.7. The van der Waals surface area contributed by atoms with Crippen molar-refractivity contribution in [2.45, 2.75) is 31.8 Å². The predicted molar refractivity (Wildman–Crippen MR) is 62.0 cm³/mol. The lowest BCUT2D eigenvalue weighted by Gasteiger charge is -2.17. The zero-order valence-electron chi connectivity index (χ0n) is 9.53. The minimum atomic E-state index is -0.723. The van der Waals surface area contributed by atoms with E-state index in [4.69, 9.17) is 5.11 Å². The van der Waals surface area contributed by atoms with Crippen LogP contribution in [0.15, 0.2) is 24.3 Å². The molecule has 17 heavy (non-hydrogen) atoms. The first-order chi connectivity index (χ1) is 8.16. The van der Waals surface area contributed by atoms with Gasteiger partial charge in [-0.2, -0.15) is 0 Å². The minimum Gasteiger partial charge on any atom is -0.481 e. The molecule has 1 fully saturated rings. The van der Waals surface area contributed by atoms with Crippen LogP contribution in [-0.4, -0.2) is 17.1 Å². The Morgan fingerprint density at radius 3 is 2.71 bits per heavy atom. The average Bonchev–Trinajstić information content (AvgIpc) is 2.76. The molecule has 2 atom stereocenters. The number of nitrogens with one attached hydrogen (secondary N) is 1. The van der Waals surface area contributed by atoms with Gasteiger partial charge in [0, 0.05) is 12.6 Å². The molecule has 1 saturated carbocycles. The molecule has 0 amide bonds. The van der Waals surface area contributed by atoms with Crippen LogP contribution in [-0.2, 0) is 11.3 Å². The van der Waals surface area contributed by atoms with Crippen LogP contribution in [0.5, 0.6) is 0 Å². The van der Waals surface area contributed by atoms with Gasteiger partial charge in [-0.1, -0.05) is 18.6 Å². The maximum atomic E-state index is 12.7. The summed E-state index contributed by atoms with van der Waals surface area (Å²) in [5.41, 5.74) is 0.974. The van der Waals surface area contributed by atoms with Crippen LogP contribution >= 0.6 is 0 Å². The Morgan fingerprint density at radius 2 is 2.06 bits per heavy atom. The molecule has 0 heterocycles. The van der Waals surface area contributed by atoms with E-state index in [2.05, 4.69) is 5.32 Å². The van der Waals surface area contributed by atoms with E-state index < -0.39 is 5.97 Å². The van der Waals surface area contributed by atoms with Gasteiger partial charge in [0.25, 0.3) is 0 Å². The van der Waals surface area contributed by atoms with Crippen molar-refractivity contribution in [2.75, 3.05) is 0 Å². The summed E-state index contributed by atoms with van der Waals surface area (Å²) in [6.45, 7) is 0.592. The molecule has 0 aliphatic heterocycles. The average molecular weight is 237 g/mol. The predicted octanol–water partition coefficient (Wildman–Crippen LogP) is 2.17. The fourth-order valence-electron chi connectivity index (χ4n) is 2.35. The molecule has 0 spiro atoms. The van der Waals surface area contributed by atoms with Crippen LogP contribution in [0.4, 0.5) is 4.39 Å². The number of carboxylic acid groups (broad SMARTS) is 1. The van der Waals surface area contributed by atoms with Crippen molar-refractivity contribution < 1.29 is 14.3 Å². The number of carboxylic acids is 1. The number of halogens is 1. The van der Waals surface area contributed by atoms with Crippen molar-refractivity contribution in [3.8, 4) is 0 Å². The van der Waals surface area contributed by atoms with E-state index in [9.17, 15) is 9.18 Å².